The van der Waals surface area contributed by atoms with Gasteiger partial charge >= 0.3 is 0 Å². The van der Waals surface area contributed by atoms with E-state index in [-0.39, 0.29) is 11.9 Å². The molecule has 2 heteroatoms. The summed E-state index contributed by atoms with van der Waals surface area (Å²) in [6, 6.07) is 15.2. The average Bonchev–Trinajstić information content (AvgIpc) is 2.72. The largest absolute Gasteiger partial charge is 0.302 e. The van der Waals surface area contributed by atoms with Gasteiger partial charge in [0.25, 0.3) is 0 Å². The first-order valence-corrected chi connectivity index (χ1v) is 5.41. The molecular formula is C14H12FN. The molecule has 0 aromatic heterocycles. The van der Waals surface area contributed by atoms with E-state index in [9.17, 15) is 4.39 Å². The summed E-state index contributed by atoms with van der Waals surface area (Å²) in [7, 11) is 0. The summed E-state index contributed by atoms with van der Waals surface area (Å²) in [4.78, 5) is 0. The van der Waals surface area contributed by atoms with Crippen LogP contribution in [0.2, 0.25) is 0 Å². The monoisotopic (exact) mass is 213 g/mol. The van der Waals surface area contributed by atoms with Gasteiger partial charge in [0.1, 0.15) is 5.82 Å². The van der Waals surface area contributed by atoms with Crippen LogP contribution >= 0.6 is 0 Å². The van der Waals surface area contributed by atoms with Crippen LogP contribution in [-0.2, 0) is 6.54 Å². The minimum absolute atomic E-state index is 0.131. The molecule has 80 valence electrons. The zero-order chi connectivity index (χ0) is 11.0. The quantitative estimate of drug-likeness (QED) is 0.767. The van der Waals surface area contributed by atoms with Crippen LogP contribution in [0.4, 0.5) is 4.39 Å². The number of hydrogen-bond donors (Lipinski definition) is 1. The smallest absolute Gasteiger partial charge is 0.123 e. The Kier molecular flexibility index (Phi) is 2.22. The standard InChI is InChI=1S/C14H12FN/c15-12-6-3-5-10(8-12)14-13-7-2-1-4-11(13)9-16-14/h1-8,14,16H,9H2. The number of fused-ring (bicyclic) bond motifs is 1. The van der Waals surface area contributed by atoms with Gasteiger partial charge in [-0.15, -0.1) is 0 Å². The maximum absolute atomic E-state index is 13.2. The van der Waals surface area contributed by atoms with Gasteiger partial charge in [-0.2, -0.15) is 0 Å². The summed E-state index contributed by atoms with van der Waals surface area (Å²) in [5.74, 6) is -0.177. The van der Waals surface area contributed by atoms with Crippen molar-refractivity contribution in [3.63, 3.8) is 0 Å². The molecule has 3 rings (SSSR count). The predicted octanol–water partition coefficient (Wildman–Crippen LogP) is 3.02. The van der Waals surface area contributed by atoms with Crippen molar-refractivity contribution in [2.24, 2.45) is 0 Å². The minimum Gasteiger partial charge on any atom is -0.302 e. The first-order chi connectivity index (χ1) is 7.84. The highest BCUT2D eigenvalue weighted by Crippen LogP contribution is 2.30. The lowest BCUT2D eigenvalue weighted by Gasteiger charge is -2.12. The van der Waals surface area contributed by atoms with E-state index in [1.54, 1.807) is 12.1 Å². The third-order valence-electron chi connectivity index (χ3n) is 3.04. The van der Waals surface area contributed by atoms with Crippen LogP contribution in [0.15, 0.2) is 48.5 Å². The van der Waals surface area contributed by atoms with Gasteiger partial charge in [-0.1, -0.05) is 36.4 Å². The Morgan fingerprint density at radius 2 is 1.94 bits per heavy atom. The lowest BCUT2D eigenvalue weighted by Crippen LogP contribution is -2.13. The van der Waals surface area contributed by atoms with E-state index in [1.807, 2.05) is 18.2 Å². The Morgan fingerprint density at radius 1 is 1.06 bits per heavy atom. The number of rotatable bonds is 1. The Morgan fingerprint density at radius 3 is 2.81 bits per heavy atom. The van der Waals surface area contributed by atoms with E-state index < -0.39 is 0 Å². The fourth-order valence-electron chi connectivity index (χ4n) is 2.28. The SMILES string of the molecule is Fc1cccc(C2NCc3ccccc32)c1. The van der Waals surface area contributed by atoms with Gasteiger partial charge in [0.2, 0.25) is 0 Å². The van der Waals surface area contributed by atoms with Crippen molar-refractivity contribution in [1.82, 2.24) is 5.32 Å². The molecule has 0 saturated heterocycles. The first-order valence-electron chi connectivity index (χ1n) is 5.41. The molecule has 1 aliphatic rings. The third kappa shape index (κ3) is 1.51. The maximum Gasteiger partial charge on any atom is 0.123 e. The fraction of sp³-hybridized carbons (Fsp3) is 0.143. The molecular weight excluding hydrogens is 201 g/mol. The van der Waals surface area contributed by atoms with Crippen LogP contribution in [0.5, 0.6) is 0 Å². The molecule has 0 saturated carbocycles. The second-order valence-electron chi connectivity index (χ2n) is 4.07. The summed E-state index contributed by atoms with van der Waals surface area (Å²) < 4.78 is 13.2. The number of halogens is 1. The molecule has 0 fully saturated rings. The number of hydrogen-bond acceptors (Lipinski definition) is 1. The molecule has 1 unspecified atom stereocenters. The summed E-state index contributed by atoms with van der Waals surface area (Å²) in [5.41, 5.74) is 3.55. The van der Waals surface area contributed by atoms with Crippen LogP contribution in [0.3, 0.4) is 0 Å². The normalized spacial score (nSPS) is 18.4. The zero-order valence-electron chi connectivity index (χ0n) is 8.78. The lowest BCUT2D eigenvalue weighted by molar-refractivity contribution is 0.614. The van der Waals surface area contributed by atoms with E-state index >= 15 is 0 Å². The van der Waals surface area contributed by atoms with Crippen LogP contribution in [-0.4, -0.2) is 0 Å². The van der Waals surface area contributed by atoms with Gasteiger partial charge in [-0.3, -0.25) is 0 Å². The summed E-state index contributed by atoms with van der Waals surface area (Å²) in [6.45, 7) is 0.858. The molecule has 1 N–H and O–H groups in total. The molecule has 2 aromatic rings. The molecule has 1 heterocycles. The molecule has 2 aromatic carbocycles. The highest BCUT2D eigenvalue weighted by molar-refractivity contribution is 5.40. The summed E-state index contributed by atoms with van der Waals surface area (Å²) in [5, 5.41) is 3.40. The van der Waals surface area contributed by atoms with Gasteiger partial charge in [-0.05, 0) is 28.8 Å². The molecule has 1 atom stereocenters. The molecule has 0 aliphatic carbocycles. The highest BCUT2D eigenvalue weighted by atomic mass is 19.1. The lowest BCUT2D eigenvalue weighted by atomic mass is 9.99. The third-order valence-corrected chi connectivity index (χ3v) is 3.04. The molecule has 1 aliphatic heterocycles. The van der Waals surface area contributed by atoms with E-state index in [1.165, 1.54) is 17.2 Å². The molecule has 16 heavy (non-hydrogen) atoms. The Hall–Kier alpha value is -1.67. The van der Waals surface area contributed by atoms with Crippen molar-refractivity contribution < 1.29 is 4.39 Å². The van der Waals surface area contributed by atoms with E-state index in [0.29, 0.717) is 0 Å². The second kappa shape index (κ2) is 3.72. The molecule has 1 nitrogen and oxygen atoms in total. The zero-order valence-corrected chi connectivity index (χ0v) is 8.78. The second-order valence-corrected chi connectivity index (χ2v) is 4.07. The fourth-order valence-corrected chi connectivity index (χ4v) is 2.28. The Labute approximate surface area is 93.9 Å². The first kappa shape index (κ1) is 9.55. The van der Waals surface area contributed by atoms with Crippen molar-refractivity contribution in [1.29, 1.82) is 0 Å². The van der Waals surface area contributed by atoms with E-state index in [0.717, 1.165) is 12.1 Å². The molecule has 0 radical (unpaired) electrons. The van der Waals surface area contributed by atoms with Gasteiger partial charge in [-0.25, -0.2) is 4.39 Å². The van der Waals surface area contributed by atoms with Gasteiger partial charge in [0.05, 0.1) is 6.04 Å². The molecule has 0 amide bonds. The highest BCUT2D eigenvalue weighted by Gasteiger charge is 2.22. The van der Waals surface area contributed by atoms with Crippen molar-refractivity contribution in [3.8, 4) is 0 Å². The van der Waals surface area contributed by atoms with Gasteiger partial charge in [0.15, 0.2) is 0 Å². The van der Waals surface area contributed by atoms with Crippen LogP contribution < -0.4 is 5.32 Å². The van der Waals surface area contributed by atoms with Gasteiger partial charge < -0.3 is 5.32 Å². The summed E-state index contributed by atoms with van der Waals surface area (Å²) >= 11 is 0. The van der Waals surface area contributed by atoms with E-state index in [4.69, 9.17) is 0 Å². The summed E-state index contributed by atoms with van der Waals surface area (Å²) in [6.07, 6.45) is 0. The van der Waals surface area contributed by atoms with Crippen LogP contribution in [0, 0.1) is 5.82 Å². The predicted molar refractivity (Wildman–Crippen MR) is 61.5 cm³/mol. The van der Waals surface area contributed by atoms with Crippen molar-refractivity contribution in [2.75, 3.05) is 0 Å². The minimum atomic E-state index is -0.177. The Bertz CT molecular complexity index is 522. The van der Waals surface area contributed by atoms with Crippen LogP contribution in [0.25, 0.3) is 0 Å². The van der Waals surface area contributed by atoms with Crippen LogP contribution in [0.1, 0.15) is 22.7 Å². The number of nitrogens with one attached hydrogen (secondary N) is 1. The molecule has 0 bridgehead atoms. The number of benzene rings is 2. The van der Waals surface area contributed by atoms with Crippen molar-refractivity contribution >= 4 is 0 Å². The maximum atomic E-state index is 13.2. The topological polar surface area (TPSA) is 12.0 Å². The van der Waals surface area contributed by atoms with Crippen molar-refractivity contribution in [3.05, 3.63) is 71.0 Å². The Balaban J connectivity index is 2.05. The van der Waals surface area contributed by atoms with Crippen molar-refractivity contribution in [2.45, 2.75) is 12.6 Å². The van der Waals surface area contributed by atoms with E-state index in [2.05, 4.69) is 17.4 Å². The van der Waals surface area contributed by atoms with Gasteiger partial charge in [0, 0.05) is 6.54 Å². The average molecular weight is 213 g/mol. The molecule has 0 spiro atoms.